The van der Waals surface area contributed by atoms with Gasteiger partial charge in [0.05, 0.1) is 11.9 Å². The minimum absolute atomic E-state index is 0.149. The smallest absolute Gasteiger partial charge is 0.341 e. The molecule has 1 aliphatic heterocycles. The molecule has 7 nitrogen and oxygen atoms in total. The number of carbonyl (C=O) groups excluding carboxylic acids is 1. The van der Waals surface area contributed by atoms with Crippen LogP contribution in [0.2, 0.25) is 0 Å². The summed E-state index contributed by atoms with van der Waals surface area (Å²) in [6, 6.07) is 17.8. The highest BCUT2D eigenvalue weighted by molar-refractivity contribution is 5.93. The number of nitrogens with one attached hydrogen (secondary N) is 1. The highest BCUT2D eigenvalue weighted by Crippen LogP contribution is 2.43. The number of anilines is 1. The van der Waals surface area contributed by atoms with Crippen LogP contribution < -0.4 is 5.32 Å². The van der Waals surface area contributed by atoms with Crippen LogP contribution in [0.5, 0.6) is 0 Å². The molecule has 1 saturated heterocycles. The summed E-state index contributed by atoms with van der Waals surface area (Å²) in [6.45, 7) is 9.95. The van der Waals surface area contributed by atoms with Crippen molar-refractivity contribution in [2.75, 3.05) is 25.5 Å². The van der Waals surface area contributed by atoms with Gasteiger partial charge in [0, 0.05) is 27.1 Å². The zero-order chi connectivity index (χ0) is 31.1. The third-order valence-corrected chi connectivity index (χ3v) is 10.1. The van der Waals surface area contributed by atoms with E-state index in [0.717, 1.165) is 62.0 Å². The van der Waals surface area contributed by atoms with E-state index < -0.39 is 5.97 Å². The Labute approximate surface area is 259 Å². The first-order chi connectivity index (χ1) is 21.2. The lowest BCUT2D eigenvalue weighted by Gasteiger charge is -2.32. The zero-order valence-corrected chi connectivity index (χ0v) is 26.4. The fraction of sp³-hybridized carbons (Fsp3) is 0.378. The van der Waals surface area contributed by atoms with Crippen molar-refractivity contribution >= 4 is 17.7 Å². The van der Waals surface area contributed by atoms with Gasteiger partial charge in [-0.3, -0.25) is 4.79 Å². The molecule has 1 aliphatic carbocycles. The average molecular weight is 591 g/mol. The van der Waals surface area contributed by atoms with Crippen molar-refractivity contribution in [1.29, 1.82) is 0 Å². The number of hydrogen-bond donors (Lipinski definition) is 2. The van der Waals surface area contributed by atoms with Crippen LogP contribution in [0.25, 0.3) is 16.8 Å². The number of likely N-dealkylation sites (tertiary alicyclic amines) is 1. The maximum absolute atomic E-state index is 11.8. The fourth-order valence-electron chi connectivity index (χ4n) is 7.51. The van der Waals surface area contributed by atoms with Gasteiger partial charge in [-0.05, 0) is 121 Å². The van der Waals surface area contributed by atoms with Crippen molar-refractivity contribution in [2.24, 2.45) is 0 Å². The summed E-state index contributed by atoms with van der Waals surface area (Å²) in [4.78, 5) is 25.6. The van der Waals surface area contributed by atoms with Crippen LogP contribution in [-0.4, -0.2) is 51.8 Å². The monoisotopic (exact) mass is 590 g/mol. The van der Waals surface area contributed by atoms with Gasteiger partial charge in [-0.15, -0.1) is 0 Å². The topological polar surface area (TPSA) is 87.5 Å². The first kappa shape index (κ1) is 29.7. The Morgan fingerprint density at radius 2 is 1.77 bits per heavy atom. The Balaban J connectivity index is 1.30. The summed E-state index contributed by atoms with van der Waals surface area (Å²) in [6.07, 6.45) is 6.67. The molecule has 44 heavy (non-hydrogen) atoms. The van der Waals surface area contributed by atoms with Crippen LogP contribution in [0, 0.1) is 20.8 Å². The molecule has 0 spiro atoms. The Morgan fingerprint density at radius 3 is 2.48 bits per heavy atom. The molecule has 0 bridgehead atoms. The highest BCUT2D eigenvalue weighted by atomic mass is 16.4. The van der Waals surface area contributed by atoms with E-state index in [-0.39, 0.29) is 11.5 Å². The molecule has 0 radical (unpaired) electrons. The number of rotatable bonds is 7. The van der Waals surface area contributed by atoms with Gasteiger partial charge in [0.1, 0.15) is 11.4 Å². The summed E-state index contributed by atoms with van der Waals surface area (Å²) in [5.74, 6) is 0.575. The number of carboxylic acids is 1. The van der Waals surface area contributed by atoms with E-state index in [0.29, 0.717) is 17.7 Å². The third kappa shape index (κ3) is 5.29. The van der Waals surface area contributed by atoms with E-state index in [4.69, 9.17) is 0 Å². The van der Waals surface area contributed by atoms with Crippen molar-refractivity contribution in [1.82, 2.24) is 14.7 Å². The number of carbonyl (C=O) groups is 2. The maximum Gasteiger partial charge on any atom is 0.341 e. The lowest BCUT2D eigenvalue weighted by molar-refractivity contribution is -0.129. The summed E-state index contributed by atoms with van der Waals surface area (Å²) in [5.41, 5.74) is 12.9. The summed E-state index contributed by atoms with van der Waals surface area (Å²) in [5, 5.41) is 17.1. The molecule has 6 rings (SSSR count). The molecule has 4 aromatic rings. The number of carboxylic acid groups (broad SMARTS) is 1. The SMILES string of the molecule is CNc1c(C(=O)O)cnn1-c1cc(-c2cccc3c2C(Cc2ccc(C4CCN(C(C)=O)CC4)c(C)c2C)CC3)ccc1C. The Hall–Kier alpha value is -4.39. The molecule has 7 heteroatoms. The van der Waals surface area contributed by atoms with E-state index >= 15 is 0 Å². The number of aromatic carboxylic acids is 1. The standard InChI is InChI=1S/C37H42N4O3/c1-22-9-10-29(20-34(22)41-36(38-5)33(21-39-41)37(43)44)32-8-6-7-27-11-12-30(35(27)32)19-28-13-14-31(24(3)23(28)2)26-15-17-40(18-16-26)25(4)42/h6-10,13-14,20-21,26,30,38H,11-12,15-19H2,1-5H3,(H,43,44). The van der Waals surface area contributed by atoms with E-state index in [2.05, 4.69) is 72.8 Å². The molecular weight excluding hydrogens is 548 g/mol. The van der Waals surface area contributed by atoms with Crippen molar-refractivity contribution in [3.8, 4) is 16.8 Å². The molecule has 1 atom stereocenters. The summed E-state index contributed by atoms with van der Waals surface area (Å²) >= 11 is 0. The Bertz CT molecular complexity index is 1750. The van der Waals surface area contributed by atoms with Crippen molar-refractivity contribution < 1.29 is 14.7 Å². The molecule has 0 saturated carbocycles. The van der Waals surface area contributed by atoms with Gasteiger partial charge < -0.3 is 15.3 Å². The van der Waals surface area contributed by atoms with E-state index in [1.165, 1.54) is 45.1 Å². The molecule has 1 aromatic heterocycles. The number of nitrogens with zero attached hydrogens (tertiary/aromatic N) is 3. The second-order valence-corrected chi connectivity index (χ2v) is 12.5. The van der Waals surface area contributed by atoms with E-state index in [1.807, 2.05) is 11.8 Å². The lowest BCUT2D eigenvalue weighted by Crippen LogP contribution is -2.36. The minimum atomic E-state index is -1.00. The molecule has 2 N–H and O–H groups in total. The van der Waals surface area contributed by atoms with Gasteiger partial charge in [0.15, 0.2) is 0 Å². The van der Waals surface area contributed by atoms with Crippen molar-refractivity contribution in [2.45, 2.75) is 71.6 Å². The average Bonchev–Trinajstić information content (AvgIpc) is 3.64. The first-order valence-corrected chi connectivity index (χ1v) is 15.7. The second-order valence-electron chi connectivity index (χ2n) is 12.5. The second kappa shape index (κ2) is 11.9. The predicted molar refractivity (Wildman–Crippen MR) is 175 cm³/mol. The van der Waals surface area contributed by atoms with Gasteiger partial charge >= 0.3 is 5.97 Å². The quantitative estimate of drug-likeness (QED) is 0.238. The minimum Gasteiger partial charge on any atom is -0.477 e. The molecule has 2 aliphatic rings. The third-order valence-electron chi connectivity index (χ3n) is 10.1. The van der Waals surface area contributed by atoms with Crippen LogP contribution in [0.3, 0.4) is 0 Å². The maximum atomic E-state index is 11.8. The molecule has 2 heterocycles. The lowest BCUT2D eigenvalue weighted by atomic mass is 9.81. The number of aryl methyl sites for hydroxylation is 2. The van der Waals surface area contributed by atoms with Gasteiger partial charge in [-0.1, -0.05) is 42.5 Å². The van der Waals surface area contributed by atoms with Gasteiger partial charge in [0.2, 0.25) is 5.91 Å². The predicted octanol–water partition coefficient (Wildman–Crippen LogP) is 7.20. The van der Waals surface area contributed by atoms with Crippen LogP contribution in [0.1, 0.15) is 87.3 Å². The van der Waals surface area contributed by atoms with Crippen molar-refractivity contribution in [3.05, 3.63) is 99.2 Å². The normalized spacial score (nSPS) is 16.7. The number of benzene rings is 3. The summed E-state index contributed by atoms with van der Waals surface area (Å²) in [7, 11) is 1.72. The van der Waals surface area contributed by atoms with Crippen LogP contribution in [0.15, 0.2) is 54.7 Å². The van der Waals surface area contributed by atoms with Crippen LogP contribution >= 0.6 is 0 Å². The van der Waals surface area contributed by atoms with E-state index in [9.17, 15) is 14.7 Å². The van der Waals surface area contributed by atoms with E-state index in [1.54, 1.807) is 18.7 Å². The van der Waals surface area contributed by atoms with Crippen molar-refractivity contribution in [3.63, 3.8) is 0 Å². The largest absolute Gasteiger partial charge is 0.477 e. The Morgan fingerprint density at radius 1 is 1.00 bits per heavy atom. The molecule has 1 unspecified atom stereocenters. The number of aromatic nitrogens is 2. The molecule has 3 aromatic carbocycles. The molecule has 1 amide bonds. The molecule has 1 fully saturated rings. The van der Waals surface area contributed by atoms with Gasteiger partial charge in [0.25, 0.3) is 0 Å². The highest BCUT2D eigenvalue weighted by Gasteiger charge is 2.29. The molecular formula is C37H42N4O3. The number of hydrogen-bond acceptors (Lipinski definition) is 4. The van der Waals surface area contributed by atoms with Crippen LogP contribution in [0.4, 0.5) is 5.82 Å². The fourth-order valence-corrected chi connectivity index (χ4v) is 7.51. The first-order valence-electron chi connectivity index (χ1n) is 15.7. The van der Waals surface area contributed by atoms with Crippen LogP contribution in [-0.2, 0) is 17.6 Å². The van der Waals surface area contributed by atoms with Gasteiger partial charge in [-0.2, -0.15) is 5.10 Å². The Kier molecular flexibility index (Phi) is 8.06. The number of piperidine rings is 1. The summed E-state index contributed by atoms with van der Waals surface area (Å²) < 4.78 is 1.70. The number of amides is 1. The number of fused-ring (bicyclic) bond motifs is 1. The van der Waals surface area contributed by atoms with Gasteiger partial charge in [-0.25, -0.2) is 9.48 Å². The molecule has 228 valence electrons. The zero-order valence-electron chi connectivity index (χ0n) is 26.4.